The highest BCUT2D eigenvalue weighted by molar-refractivity contribution is 6.31. The first-order valence-electron chi connectivity index (χ1n) is 23.0. The number of hydrogen-bond acceptors (Lipinski definition) is 16. The Morgan fingerprint density at radius 1 is 0.479 bits per heavy atom. The van der Waals surface area contributed by atoms with Crippen LogP contribution in [-0.2, 0) is 79.5 Å². The summed E-state index contributed by atoms with van der Waals surface area (Å²) in [6, 6.07) is 25.2. The highest BCUT2D eigenvalue weighted by Crippen LogP contribution is 2.41. The van der Waals surface area contributed by atoms with Gasteiger partial charge in [-0.2, -0.15) is 0 Å². The number of esters is 6. The fraction of sp³-hybridized carbons (Fsp3) is 0.455. The molecule has 0 unspecified atom stereocenters. The highest BCUT2D eigenvalue weighted by atomic mass is 35.5. The number of carbonyl (C=O) groups excluding carboxylic acids is 6. The van der Waals surface area contributed by atoms with Gasteiger partial charge in [-0.15, -0.1) is 0 Å². The predicted molar refractivity (Wildman–Crippen MR) is 272 cm³/mol. The van der Waals surface area contributed by atoms with Crippen molar-refractivity contribution in [1.29, 1.82) is 0 Å². The summed E-state index contributed by atoms with van der Waals surface area (Å²) in [5, 5.41) is 10.6. The number of carbonyl (C=O) groups is 6. The Bertz CT molecular complexity index is 2500. The van der Waals surface area contributed by atoms with Crippen LogP contribution in [0, 0.1) is 0 Å². The molecule has 1 N–H and O–H groups in total. The third-order valence-electron chi connectivity index (χ3n) is 11.6. The first-order chi connectivity index (χ1) is 33.7. The minimum Gasteiger partial charge on any atom is -0.508 e. The molecular weight excluding hydrogens is 987 g/mol. The fourth-order valence-corrected chi connectivity index (χ4v) is 8.96. The van der Waals surface area contributed by atoms with Crippen molar-refractivity contribution < 1.29 is 76.5 Å². The molecule has 10 atom stereocenters. The van der Waals surface area contributed by atoms with Crippen LogP contribution >= 0.6 is 23.2 Å². The number of halogens is 2. The Balaban J connectivity index is 0.000000375. The molecule has 4 aromatic rings. The van der Waals surface area contributed by atoms with Crippen LogP contribution in [0.1, 0.15) is 129 Å². The topological polar surface area (TPSA) is 206 Å². The quantitative estimate of drug-likeness (QED) is 0.0868. The summed E-state index contributed by atoms with van der Waals surface area (Å²) in [5.41, 5.74) is 4.93. The minimum absolute atomic E-state index is 0. The van der Waals surface area contributed by atoms with Crippen molar-refractivity contribution in [3.05, 3.63) is 128 Å². The van der Waals surface area contributed by atoms with Gasteiger partial charge in [0.05, 0.1) is 19.3 Å². The van der Waals surface area contributed by atoms with Crippen LogP contribution in [0.2, 0.25) is 10.0 Å². The Morgan fingerprint density at radius 3 is 1.11 bits per heavy atom. The second kappa shape index (κ2) is 28.3. The zero-order chi connectivity index (χ0) is 52.1. The summed E-state index contributed by atoms with van der Waals surface area (Å²) < 4.78 is 51.1. The number of phenols is 1. The molecular formula is C55H68Cl2O16. The number of rotatable bonds is 15. The van der Waals surface area contributed by atoms with Gasteiger partial charge in [-0.05, 0) is 95.5 Å². The van der Waals surface area contributed by atoms with E-state index in [2.05, 4.69) is 0 Å². The average molecular weight is 1060 g/mol. The molecule has 0 spiro atoms. The largest absolute Gasteiger partial charge is 0.508 e. The molecule has 2 aliphatic heterocycles. The average Bonchev–Trinajstić information content (AvgIpc) is 3.30. The molecule has 73 heavy (non-hydrogen) atoms. The molecule has 2 heterocycles. The maximum atomic E-state index is 12.1. The number of benzene rings is 4. The normalized spacial score (nSPS) is 23.0. The predicted octanol–water partition coefficient (Wildman–Crippen LogP) is 10.1. The van der Waals surface area contributed by atoms with Crippen molar-refractivity contribution >= 4 is 59.0 Å². The van der Waals surface area contributed by atoms with Gasteiger partial charge in [0, 0.05) is 51.6 Å². The van der Waals surface area contributed by atoms with Gasteiger partial charge in [-0.3, -0.25) is 28.8 Å². The Kier molecular flexibility index (Phi) is 23.7. The summed E-state index contributed by atoms with van der Waals surface area (Å²) in [7, 11) is 1.61. The van der Waals surface area contributed by atoms with Crippen LogP contribution in [0.15, 0.2) is 84.9 Å². The Labute approximate surface area is 437 Å². The summed E-state index contributed by atoms with van der Waals surface area (Å²) in [5.74, 6) is -2.61. The molecule has 6 rings (SSSR count). The van der Waals surface area contributed by atoms with Crippen molar-refractivity contribution in [2.24, 2.45) is 0 Å². The molecule has 2 aliphatic rings. The summed E-state index contributed by atoms with van der Waals surface area (Å²) >= 11 is 13.0. The standard InChI is InChI=1S/C27H31ClO8.C26H29ClO8.2CH4/c1-6-23-25(33-15(2)29)27(35-17(4)31)26(34-16(3)30)24(36-23)19-9-12-22(28)20(14-19)13-18-7-10-21(32-5)11-8-18;1-5-22-24(32-14(2)28)26(34-16(4)30)25(33-15(3)29)23(35-22)18-8-11-21(27)19(13-18)12-17-6-9-20(31)10-7-17;;/h7-12,14,23-27H,6,13H2,1-5H3;6-11,13,22-26,31H,5,12H2,1-4H3;2*1H4/t23-,24+,25-,26+,27+;22-,23+,24-,25+,26+;;/m11../s1. The van der Waals surface area contributed by atoms with E-state index in [-0.39, 0.29) is 20.6 Å². The second-order valence-electron chi connectivity index (χ2n) is 17.0. The first kappa shape index (κ1) is 61.1. The van der Waals surface area contributed by atoms with E-state index in [0.29, 0.717) is 46.9 Å². The van der Waals surface area contributed by atoms with Gasteiger partial charge in [0.15, 0.2) is 36.6 Å². The molecule has 16 nitrogen and oxygen atoms in total. The van der Waals surface area contributed by atoms with E-state index in [1.165, 1.54) is 41.5 Å². The molecule has 18 heteroatoms. The summed E-state index contributed by atoms with van der Waals surface area (Å²) in [6.45, 7) is 11.2. The summed E-state index contributed by atoms with van der Waals surface area (Å²) in [4.78, 5) is 71.7. The molecule has 0 saturated carbocycles. The number of hydrogen-bond donors (Lipinski definition) is 1. The first-order valence-corrected chi connectivity index (χ1v) is 23.8. The van der Waals surface area contributed by atoms with Crippen LogP contribution in [0.3, 0.4) is 0 Å². The number of methoxy groups -OCH3 is 1. The van der Waals surface area contributed by atoms with Crippen molar-refractivity contribution in [2.75, 3.05) is 7.11 Å². The number of phenolic OH excluding ortho intramolecular Hbond substituents is 1. The van der Waals surface area contributed by atoms with E-state index in [1.807, 2.05) is 50.2 Å². The second-order valence-corrected chi connectivity index (χ2v) is 17.8. The fourth-order valence-electron chi connectivity index (χ4n) is 8.59. The van der Waals surface area contributed by atoms with Crippen molar-refractivity contribution in [3.8, 4) is 11.5 Å². The molecule has 0 bridgehead atoms. The zero-order valence-corrected chi connectivity index (χ0v) is 42.5. The van der Waals surface area contributed by atoms with Gasteiger partial charge in [0.25, 0.3) is 0 Å². The lowest BCUT2D eigenvalue weighted by Crippen LogP contribution is -2.58. The highest BCUT2D eigenvalue weighted by Gasteiger charge is 2.53. The molecule has 0 amide bonds. The van der Waals surface area contributed by atoms with Crippen LogP contribution in [0.4, 0.5) is 0 Å². The number of ether oxygens (including phenoxy) is 9. The van der Waals surface area contributed by atoms with Gasteiger partial charge < -0.3 is 47.7 Å². The maximum absolute atomic E-state index is 12.1. The van der Waals surface area contributed by atoms with Crippen molar-refractivity contribution in [3.63, 3.8) is 0 Å². The lowest BCUT2D eigenvalue weighted by atomic mass is 9.88. The molecule has 4 aromatic carbocycles. The monoisotopic (exact) mass is 1050 g/mol. The molecule has 0 aromatic heterocycles. The van der Waals surface area contributed by atoms with Gasteiger partial charge >= 0.3 is 35.8 Å². The molecule has 0 radical (unpaired) electrons. The van der Waals surface area contributed by atoms with E-state index < -0.39 is 96.9 Å². The van der Waals surface area contributed by atoms with E-state index in [4.69, 9.17) is 65.8 Å². The van der Waals surface area contributed by atoms with E-state index in [0.717, 1.165) is 28.0 Å². The van der Waals surface area contributed by atoms with Gasteiger partial charge in [-0.1, -0.05) is 100 Å². The van der Waals surface area contributed by atoms with Crippen LogP contribution in [-0.4, -0.2) is 96.9 Å². The van der Waals surface area contributed by atoms with Crippen molar-refractivity contribution in [1.82, 2.24) is 0 Å². The SMILES string of the molecule is C.C.CC[C@H]1O[C@@H](c2ccc(Cl)c(Cc3ccc(O)cc3)c2)[C@H](OC(C)=O)[C@@H](OC(C)=O)[C@@H]1OC(C)=O.CC[C@H]1O[C@@H](c2ccc(Cl)c(Cc3ccc(OC)cc3)c2)[C@H](OC(C)=O)[C@@H](OC(C)=O)[C@@H]1OC(C)=O. The van der Waals surface area contributed by atoms with Gasteiger partial charge in [-0.25, -0.2) is 0 Å². The van der Waals surface area contributed by atoms with Crippen LogP contribution < -0.4 is 4.74 Å². The Hall–Kier alpha value is -6.20. The Morgan fingerprint density at radius 2 is 0.795 bits per heavy atom. The van der Waals surface area contributed by atoms with Gasteiger partial charge in [0.2, 0.25) is 0 Å². The smallest absolute Gasteiger partial charge is 0.303 e. The number of aromatic hydroxyl groups is 1. The third kappa shape index (κ3) is 16.9. The van der Waals surface area contributed by atoms with E-state index in [9.17, 15) is 33.9 Å². The zero-order valence-electron chi connectivity index (χ0n) is 41.0. The van der Waals surface area contributed by atoms with Gasteiger partial charge in [0.1, 0.15) is 23.7 Å². The van der Waals surface area contributed by atoms with Crippen molar-refractivity contribution in [2.45, 2.75) is 157 Å². The lowest BCUT2D eigenvalue weighted by Gasteiger charge is -2.44. The third-order valence-corrected chi connectivity index (χ3v) is 12.3. The van der Waals surface area contributed by atoms with Crippen LogP contribution in [0.25, 0.3) is 0 Å². The molecule has 398 valence electrons. The lowest BCUT2D eigenvalue weighted by molar-refractivity contribution is -0.249. The maximum Gasteiger partial charge on any atom is 0.303 e. The van der Waals surface area contributed by atoms with Crippen LogP contribution in [0.5, 0.6) is 11.5 Å². The molecule has 2 saturated heterocycles. The molecule has 2 fully saturated rings. The minimum atomic E-state index is -1.07. The van der Waals surface area contributed by atoms with E-state index >= 15 is 0 Å². The summed E-state index contributed by atoms with van der Waals surface area (Å²) in [6.07, 6.45) is -7.00. The molecule has 0 aliphatic carbocycles. The van der Waals surface area contributed by atoms with E-state index in [1.54, 1.807) is 55.6 Å².